The Bertz CT molecular complexity index is 554. The van der Waals surface area contributed by atoms with Crippen molar-refractivity contribution in [1.82, 2.24) is 5.32 Å². The first-order valence-corrected chi connectivity index (χ1v) is 8.21. The monoisotopic (exact) mass is 287 g/mol. The first-order valence-electron chi connectivity index (χ1n) is 8.21. The lowest BCUT2D eigenvalue weighted by Gasteiger charge is -2.61. The Morgan fingerprint density at radius 2 is 1.86 bits per heavy atom. The van der Waals surface area contributed by atoms with Crippen LogP contribution in [-0.4, -0.2) is 15.8 Å². The second-order valence-corrected chi connectivity index (χ2v) is 8.22. The molecule has 3 nitrogen and oxygen atoms in total. The molecular formula is C18H25NO2. The fourth-order valence-electron chi connectivity index (χ4n) is 5.91. The van der Waals surface area contributed by atoms with Crippen LogP contribution < -0.4 is 5.32 Å². The summed E-state index contributed by atoms with van der Waals surface area (Å²) in [5.41, 5.74) is 1.70. The minimum absolute atomic E-state index is 0.124. The molecule has 0 aromatic heterocycles. The third kappa shape index (κ3) is 2.32. The summed E-state index contributed by atoms with van der Waals surface area (Å²) >= 11 is 0. The van der Waals surface area contributed by atoms with E-state index in [-0.39, 0.29) is 17.0 Å². The normalized spacial score (nSPS) is 40.6. The second-order valence-electron chi connectivity index (χ2n) is 8.22. The average Bonchev–Trinajstić information content (AvgIpc) is 2.34. The Hall–Kier alpha value is -1.22. The number of hydrogen-bond acceptors (Lipinski definition) is 3. The van der Waals surface area contributed by atoms with Crippen molar-refractivity contribution in [3.63, 3.8) is 0 Å². The number of benzene rings is 1. The van der Waals surface area contributed by atoms with Gasteiger partial charge in [0.05, 0.1) is 0 Å². The van der Waals surface area contributed by atoms with E-state index in [0.29, 0.717) is 12.0 Å². The van der Waals surface area contributed by atoms with E-state index >= 15 is 0 Å². The van der Waals surface area contributed by atoms with Crippen LogP contribution in [0.4, 0.5) is 0 Å². The quantitative estimate of drug-likeness (QED) is 0.797. The van der Waals surface area contributed by atoms with E-state index in [1.165, 1.54) is 44.6 Å². The molecule has 0 amide bonds. The summed E-state index contributed by atoms with van der Waals surface area (Å²) in [6.07, 6.45) is 8.15. The summed E-state index contributed by atoms with van der Waals surface area (Å²) in [6.45, 7) is 3.17. The van der Waals surface area contributed by atoms with Gasteiger partial charge in [-0.25, -0.2) is 0 Å². The van der Waals surface area contributed by atoms with Crippen molar-refractivity contribution >= 4 is 0 Å². The van der Waals surface area contributed by atoms with Gasteiger partial charge < -0.3 is 15.5 Å². The zero-order valence-electron chi connectivity index (χ0n) is 12.7. The van der Waals surface area contributed by atoms with Gasteiger partial charge in [-0.15, -0.1) is 0 Å². The predicted octanol–water partition coefficient (Wildman–Crippen LogP) is 3.55. The maximum Gasteiger partial charge on any atom is 0.123 e. The van der Waals surface area contributed by atoms with Gasteiger partial charge in [-0.3, -0.25) is 0 Å². The molecule has 3 heteroatoms. The largest absolute Gasteiger partial charge is 0.508 e. The number of hydrogen-bond donors (Lipinski definition) is 3. The summed E-state index contributed by atoms with van der Waals surface area (Å²) < 4.78 is 0. The van der Waals surface area contributed by atoms with E-state index in [9.17, 15) is 10.2 Å². The highest BCUT2D eigenvalue weighted by atomic mass is 16.3. The fourth-order valence-corrected chi connectivity index (χ4v) is 5.91. The lowest BCUT2D eigenvalue weighted by Crippen LogP contribution is -2.61. The van der Waals surface area contributed by atoms with Crippen LogP contribution in [0, 0.1) is 17.3 Å². The third-order valence-corrected chi connectivity index (χ3v) is 6.08. The molecule has 21 heavy (non-hydrogen) atoms. The van der Waals surface area contributed by atoms with Gasteiger partial charge in [0.25, 0.3) is 0 Å². The van der Waals surface area contributed by atoms with Crippen LogP contribution in [0.25, 0.3) is 0 Å². The van der Waals surface area contributed by atoms with Crippen molar-refractivity contribution in [2.75, 3.05) is 0 Å². The van der Waals surface area contributed by atoms with Crippen molar-refractivity contribution < 1.29 is 10.2 Å². The lowest BCUT2D eigenvalue weighted by molar-refractivity contribution is -0.0727. The van der Waals surface area contributed by atoms with E-state index < -0.39 is 0 Å². The van der Waals surface area contributed by atoms with Crippen molar-refractivity contribution in [2.24, 2.45) is 17.3 Å². The van der Waals surface area contributed by atoms with Crippen LogP contribution in [0.5, 0.6) is 11.5 Å². The Labute approximate surface area is 126 Å². The van der Waals surface area contributed by atoms with Crippen molar-refractivity contribution in [2.45, 2.75) is 57.5 Å². The van der Waals surface area contributed by atoms with Crippen LogP contribution >= 0.6 is 0 Å². The highest BCUT2D eigenvalue weighted by Crippen LogP contribution is 2.61. The van der Waals surface area contributed by atoms with Crippen molar-refractivity contribution in [1.29, 1.82) is 0 Å². The molecule has 0 heterocycles. The van der Waals surface area contributed by atoms with Gasteiger partial charge in [0.2, 0.25) is 0 Å². The Morgan fingerprint density at radius 1 is 1.14 bits per heavy atom. The molecule has 0 aliphatic heterocycles. The van der Waals surface area contributed by atoms with E-state index in [0.717, 1.165) is 17.4 Å². The Kier molecular flexibility index (Phi) is 2.81. The SMILES string of the molecule is CC12CC3CC(C1)CC(NCc1ccc(O)cc1O)(C3)C2. The molecule has 4 aliphatic carbocycles. The van der Waals surface area contributed by atoms with Crippen LogP contribution in [-0.2, 0) is 6.54 Å². The molecule has 1 aromatic carbocycles. The average molecular weight is 287 g/mol. The molecule has 2 atom stereocenters. The van der Waals surface area contributed by atoms with Crippen molar-refractivity contribution in [3.8, 4) is 11.5 Å². The summed E-state index contributed by atoms with van der Waals surface area (Å²) in [5.74, 6) is 2.12. The zero-order chi connectivity index (χ0) is 14.7. The maximum atomic E-state index is 9.95. The van der Waals surface area contributed by atoms with E-state index in [1.54, 1.807) is 6.07 Å². The summed E-state index contributed by atoms with van der Waals surface area (Å²) in [5, 5.41) is 23.1. The molecule has 4 bridgehead atoms. The summed E-state index contributed by atoms with van der Waals surface area (Å²) in [7, 11) is 0. The van der Waals surface area contributed by atoms with Gasteiger partial charge in [-0.05, 0) is 61.8 Å². The number of phenols is 2. The van der Waals surface area contributed by atoms with Crippen LogP contribution in [0.1, 0.15) is 51.0 Å². The highest BCUT2D eigenvalue weighted by Gasteiger charge is 2.55. The minimum atomic E-state index is 0.124. The summed E-state index contributed by atoms with van der Waals surface area (Å²) in [4.78, 5) is 0. The number of nitrogens with one attached hydrogen (secondary N) is 1. The van der Waals surface area contributed by atoms with Crippen LogP contribution in [0.15, 0.2) is 18.2 Å². The van der Waals surface area contributed by atoms with E-state index in [2.05, 4.69) is 12.2 Å². The van der Waals surface area contributed by atoms with E-state index in [4.69, 9.17) is 0 Å². The van der Waals surface area contributed by atoms with Gasteiger partial charge in [0, 0.05) is 23.7 Å². The Morgan fingerprint density at radius 3 is 2.48 bits per heavy atom. The number of aromatic hydroxyl groups is 2. The molecule has 0 radical (unpaired) electrons. The minimum Gasteiger partial charge on any atom is -0.508 e. The molecule has 5 rings (SSSR count). The van der Waals surface area contributed by atoms with Gasteiger partial charge in [0.1, 0.15) is 11.5 Å². The number of phenolic OH excluding ortho intramolecular Hbond substituents is 2. The van der Waals surface area contributed by atoms with Gasteiger partial charge >= 0.3 is 0 Å². The summed E-state index contributed by atoms with van der Waals surface area (Å²) in [6, 6.07) is 4.90. The molecule has 2 unspecified atom stereocenters. The molecule has 4 aliphatic rings. The maximum absolute atomic E-state index is 9.95. The van der Waals surface area contributed by atoms with Crippen LogP contribution in [0.2, 0.25) is 0 Å². The molecule has 4 fully saturated rings. The molecule has 0 saturated heterocycles. The topological polar surface area (TPSA) is 52.5 Å². The molecule has 114 valence electrons. The molecule has 1 aromatic rings. The van der Waals surface area contributed by atoms with E-state index in [1.807, 2.05) is 6.07 Å². The highest BCUT2D eigenvalue weighted by molar-refractivity contribution is 5.39. The standard InChI is InChI=1S/C18H25NO2/c1-17-6-12-4-13(7-17)9-18(8-12,11-17)19-10-14-2-3-15(20)5-16(14)21/h2-3,5,12-13,19-21H,4,6-11H2,1H3. The third-order valence-electron chi connectivity index (χ3n) is 6.08. The van der Waals surface area contributed by atoms with Gasteiger partial charge in [-0.1, -0.05) is 13.0 Å². The van der Waals surface area contributed by atoms with Gasteiger partial charge in [0.15, 0.2) is 0 Å². The molecule has 4 saturated carbocycles. The lowest BCUT2D eigenvalue weighted by atomic mass is 9.47. The second kappa shape index (κ2) is 4.39. The van der Waals surface area contributed by atoms with Crippen LogP contribution in [0.3, 0.4) is 0 Å². The zero-order valence-corrected chi connectivity index (χ0v) is 12.7. The first-order chi connectivity index (χ1) is 9.95. The first kappa shape index (κ1) is 13.4. The molecule has 3 N–H and O–H groups in total. The smallest absolute Gasteiger partial charge is 0.123 e. The Balaban J connectivity index is 1.52. The van der Waals surface area contributed by atoms with Crippen molar-refractivity contribution in [3.05, 3.63) is 23.8 Å². The molecule has 0 spiro atoms. The predicted molar refractivity (Wildman–Crippen MR) is 82.1 cm³/mol. The fraction of sp³-hybridized carbons (Fsp3) is 0.667. The molecular weight excluding hydrogens is 262 g/mol. The number of rotatable bonds is 3. The van der Waals surface area contributed by atoms with Gasteiger partial charge in [-0.2, -0.15) is 0 Å².